The maximum atomic E-state index is 11.5. The number of pyridine rings is 1. The molecule has 2 N–H and O–H groups in total. The first-order valence-corrected chi connectivity index (χ1v) is 7.12. The molecule has 1 aromatic carbocycles. The molecular formula is C17H20N2O3. The van der Waals surface area contributed by atoms with E-state index in [9.17, 15) is 4.79 Å². The zero-order chi connectivity index (χ0) is 16.1. The number of esters is 1. The van der Waals surface area contributed by atoms with Gasteiger partial charge >= 0.3 is 5.97 Å². The van der Waals surface area contributed by atoms with Crippen LogP contribution < -0.4 is 10.5 Å². The Labute approximate surface area is 130 Å². The van der Waals surface area contributed by atoms with E-state index in [1.165, 1.54) is 6.20 Å². The van der Waals surface area contributed by atoms with Crippen molar-refractivity contribution >= 4 is 11.7 Å². The van der Waals surface area contributed by atoms with Crippen LogP contribution in [0.15, 0.2) is 30.5 Å². The van der Waals surface area contributed by atoms with Crippen molar-refractivity contribution in [1.29, 1.82) is 0 Å². The monoisotopic (exact) mass is 300 g/mol. The topological polar surface area (TPSA) is 74.4 Å². The van der Waals surface area contributed by atoms with Gasteiger partial charge in [0, 0.05) is 6.20 Å². The van der Waals surface area contributed by atoms with Gasteiger partial charge in [-0.2, -0.15) is 0 Å². The van der Waals surface area contributed by atoms with E-state index in [1.807, 2.05) is 26.0 Å². The molecule has 0 aliphatic rings. The summed E-state index contributed by atoms with van der Waals surface area (Å²) in [5.41, 5.74) is 9.94. The number of benzene rings is 1. The average molecular weight is 300 g/mol. The first kappa shape index (κ1) is 15.8. The lowest BCUT2D eigenvalue weighted by atomic mass is 10.1. The number of anilines is 1. The molecule has 0 fully saturated rings. The van der Waals surface area contributed by atoms with Gasteiger partial charge in [0.15, 0.2) is 0 Å². The van der Waals surface area contributed by atoms with Gasteiger partial charge in [0.1, 0.15) is 12.4 Å². The quantitative estimate of drug-likeness (QED) is 0.678. The van der Waals surface area contributed by atoms with Crippen molar-refractivity contribution in [2.24, 2.45) is 0 Å². The van der Waals surface area contributed by atoms with Gasteiger partial charge < -0.3 is 15.2 Å². The third-order valence-electron chi connectivity index (χ3n) is 3.34. The Hall–Kier alpha value is -2.56. The molecule has 2 rings (SSSR count). The Morgan fingerprint density at radius 2 is 1.95 bits per heavy atom. The van der Waals surface area contributed by atoms with E-state index in [2.05, 4.69) is 4.98 Å². The first-order chi connectivity index (χ1) is 10.5. The van der Waals surface area contributed by atoms with Crippen molar-refractivity contribution in [3.05, 3.63) is 52.8 Å². The largest absolute Gasteiger partial charge is 0.485 e. The van der Waals surface area contributed by atoms with Crippen LogP contribution in [0.3, 0.4) is 0 Å². The Morgan fingerprint density at radius 3 is 2.59 bits per heavy atom. The van der Waals surface area contributed by atoms with Crippen molar-refractivity contribution in [3.8, 4) is 5.75 Å². The first-order valence-electron chi connectivity index (χ1n) is 7.12. The molecule has 1 aromatic heterocycles. The minimum absolute atomic E-state index is 0.288. The van der Waals surface area contributed by atoms with Crippen molar-refractivity contribution in [2.45, 2.75) is 27.4 Å². The maximum absolute atomic E-state index is 11.5. The molecule has 0 amide bonds. The van der Waals surface area contributed by atoms with E-state index in [4.69, 9.17) is 15.2 Å². The van der Waals surface area contributed by atoms with E-state index in [1.54, 1.807) is 19.1 Å². The van der Waals surface area contributed by atoms with Gasteiger partial charge in [-0.25, -0.2) is 4.79 Å². The zero-order valence-corrected chi connectivity index (χ0v) is 13.1. The van der Waals surface area contributed by atoms with Gasteiger partial charge in [-0.05, 0) is 56.2 Å². The van der Waals surface area contributed by atoms with Crippen molar-refractivity contribution in [3.63, 3.8) is 0 Å². The number of nitrogens with zero attached hydrogens (tertiary/aromatic N) is 1. The molecule has 0 radical (unpaired) electrons. The Morgan fingerprint density at radius 1 is 1.23 bits per heavy atom. The molecule has 116 valence electrons. The Balaban J connectivity index is 2.03. The van der Waals surface area contributed by atoms with Gasteiger partial charge in [-0.1, -0.05) is 0 Å². The number of aryl methyl sites for hydroxylation is 2. The third-order valence-corrected chi connectivity index (χ3v) is 3.34. The fourth-order valence-corrected chi connectivity index (χ4v) is 1.93. The lowest BCUT2D eigenvalue weighted by Gasteiger charge is -2.11. The smallest absolute Gasteiger partial charge is 0.339 e. The molecular weight excluding hydrogens is 280 g/mol. The summed E-state index contributed by atoms with van der Waals surface area (Å²) < 4.78 is 10.6. The Bertz CT molecular complexity index is 666. The highest BCUT2D eigenvalue weighted by Gasteiger charge is 2.08. The molecule has 5 nitrogen and oxygen atoms in total. The summed E-state index contributed by atoms with van der Waals surface area (Å²) in [7, 11) is 0. The molecule has 0 aliphatic heterocycles. The summed E-state index contributed by atoms with van der Waals surface area (Å²) in [6, 6.07) is 7.22. The molecule has 0 bridgehead atoms. The van der Waals surface area contributed by atoms with Crippen LogP contribution in [0.5, 0.6) is 5.75 Å². The van der Waals surface area contributed by atoms with Crippen LogP contribution in [0.2, 0.25) is 0 Å². The minimum atomic E-state index is -0.374. The molecule has 0 saturated heterocycles. The lowest BCUT2D eigenvalue weighted by Crippen LogP contribution is -2.06. The van der Waals surface area contributed by atoms with Crippen LogP contribution in [-0.4, -0.2) is 17.6 Å². The van der Waals surface area contributed by atoms with E-state index in [0.29, 0.717) is 29.3 Å². The molecule has 22 heavy (non-hydrogen) atoms. The summed E-state index contributed by atoms with van der Waals surface area (Å²) in [5.74, 6) is 0.264. The number of rotatable bonds is 5. The summed E-state index contributed by atoms with van der Waals surface area (Å²) in [6.07, 6.45) is 1.49. The summed E-state index contributed by atoms with van der Waals surface area (Å²) in [5, 5.41) is 0. The van der Waals surface area contributed by atoms with Crippen LogP contribution in [-0.2, 0) is 11.3 Å². The number of nitrogens with two attached hydrogens (primary N) is 1. The number of carbonyl (C=O) groups is 1. The second kappa shape index (κ2) is 6.93. The normalized spacial score (nSPS) is 10.3. The van der Waals surface area contributed by atoms with E-state index >= 15 is 0 Å². The molecule has 0 unspecified atom stereocenters. The summed E-state index contributed by atoms with van der Waals surface area (Å²) >= 11 is 0. The number of aromatic nitrogens is 1. The fraction of sp³-hybridized carbons (Fsp3) is 0.294. The van der Waals surface area contributed by atoms with Crippen LogP contribution in [0, 0.1) is 13.8 Å². The second-order valence-corrected chi connectivity index (χ2v) is 5.02. The average Bonchev–Trinajstić information content (AvgIpc) is 2.50. The standard InChI is InChI=1S/C17H20N2O3/c1-4-21-17(20)13-5-6-14(19-9-13)10-22-16-8-12(3)11(2)7-15(16)18/h5-9H,4,10,18H2,1-3H3. The van der Waals surface area contributed by atoms with Crippen molar-refractivity contribution in [1.82, 2.24) is 4.98 Å². The van der Waals surface area contributed by atoms with Crippen LogP contribution >= 0.6 is 0 Å². The highest BCUT2D eigenvalue weighted by atomic mass is 16.5. The van der Waals surface area contributed by atoms with Crippen LogP contribution in [0.25, 0.3) is 0 Å². The van der Waals surface area contributed by atoms with Crippen LogP contribution in [0.1, 0.15) is 34.1 Å². The van der Waals surface area contributed by atoms with Crippen molar-refractivity contribution < 1.29 is 14.3 Å². The van der Waals surface area contributed by atoms with E-state index < -0.39 is 0 Å². The summed E-state index contributed by atoms with van der Waals surface area (Å²) in [4.78, 5) is 15.7. The van der Waals surface area contributed by atoms with Gasteiger partial charge in [0.2, 0.25) is 0 Å². The van der Waals surface area contributed by atoms with Gasteiger partial charge in [-0.3, -0.25) is 4.98 Å². The number of ether oxygens (including phenoxy) is 2. The van der Waals surface area contributed by atoms with Crippen molar-refractivity contribution in [2.75, 3.05) is 12.3 Å². The minimum Gasteiger partial charge on any atom is -0.485 e. The van der Waals surface area contributed by atoms with Gasteiger partial charge in [-0.15, -0.1) is 0 Å². The number of carbonyl (C=O) groups excluding carboxylic acids is 1. The molecule has 2 aromatic rings. The summed E-state index contributed by atoms with van der Waals surface area (Å²) in [6.45, 7) is 6.41. The molecule has 1 heterocycles. The molecule has 0 aliphatic carbocycles. The number of hydrogen-bond donors (Lipinski definition) is 1. The molecule has 0 saturated carbocycles. The fourth-order valence-electron chi connectivity index (χ4n) is 1.93. The second-order valence-electron chi connectivity index (χ2n) is 5.02. The lowest BCUT2D eigenvalue weighted by molar-refractivity contribution is 0.0526. The van der Waals surface area contributed by atoms with E-state index in [0.717, 1.165) is 11.1 Å². The van der Waals surface area contributed by atoms with Gasteiger partial charge in [0.25, 0.3) is 0 Å². The molecule has 0 atom stereocenters. The highest BCUT2D eigenvalue weighted by molar-refractivity contribution is 5.88. The zero-order valence-electron chi connectivity index (χ0n) is 13.1. The van der Waals surface area contributed by atoms with E-state index in [-0.39, 0.29) is 12.6 Å². The Kier molecular flexibility index (Phi) is 4.99. The number of hydrogen-bond acceptors (Lipinski definition) is 5. The maximum Gasteiger partial charge on any atom is 0.339 e. The van der Waals surface area contributed by atoms with Crippen LogP contribution in [0.4, 0.5) is 5.69 Å². The highest BCUT2D eigenvalue weighted by Crippen LogP contribution is 2.26. The molecule has 0 spiro atoms. The van der Waals surface area contributed by atoms with Gasteiger partial charge in [0.05, 0.1) is 23.6 Å². The predicted octanol–water partition coefficient (Wildman–Crippen LogP) is 3.04. The third kappa shape index (κ3) is 3.75. The SMILES string of the molecule is CCOC(=O)c1ccc(COc2cc(C)c(C)cc2N)nc1. The number of nitrogen functional groups attached to an aromatic ring is 1. The predicted molar refractivity (Wildman–Crippen MR) is 84.9 cm³/mol. The molecule has 5 heteroatoms.